The van der Waals surface area contributed by atoms with E-state index in [4.69, 9.17) is 4.74 Å². The highest BCUT2D eigenvalue weighted by molar-refractivity contribution is 5.78. The Bertz CT molecular complexity index is 562. The maximum absolute atomic E-state index is 12.0. The fourth-order valence-electron chi connectivity index (χ4n) is 2.85. The monoisotopic (exact) mass is 266 g/mol. The molecule has 1 aliphatic heterocycles. The summed E-state index contributed by atoms with van der Waals surface area (Å²) in [6, 6.07) is 20.3. The van der Waals surface area contributed by atoms with Gasteiger partial charge in [0.15, 0.2) is 0 Å². The highest BCUT2D eigenvalue weighted by Gasteiger charge is 2.31. The summed E-state index contributed by atoms with van der Waals surface area (Å²) in [6.45, 7) is 0.539. The lowest BCUT2D eigenvalue weighted by Crippen LogP contribution is -2.30. The number of carbonyl (C=O) groups is 1. The highest BCUT2D eigenvalue weighted by Crippen LogP contribution is 2.31. The van der Waals surface area contributed by atoms with Crippen molar-refractivity contribution in [2.45, 2.75) is 18.8 Å². The second-order valence-corrected chi connectivity index (χ2v) is 5.38. The van der Waals surface area contributed by atoms with Gasteiger partial charge in [0.1, 0.15) is 0 Å². The zero-order chi connectivity index (χ0) is 13.8. The minimum Gasteiger partial charge on any atom is -0.465 e. The third-order valence-electron chi connectivity index (χ3n) is 3.88. The summed E-state index contributed by atoms with van der Waals surface area (Å²) >= 11 is 0. The Hall–Kier alpha value is -2.09. The standard InChI is InChI=1S/C18H18O2/c19-18-17(16-9-5-2-6-10-16)12-15(13-20-18)11-14-7-3-1-4-8-14/h1-10,15,17H,11-13H2. The Kier molecular flexibility index (Phi) is 3.82. The van der Waals surface area contributed by atoms with E-state index in [-0.39, 0.29) is 11.9 Å². The molecule has 0 aromatic heterocycles. The van der Waals surface area contributed by atoms with Crippen LogP contribution >= 0.6 is 0 Å². The normalized spacial score (nSPS) is 22.3. The SMILES string of the molecule is O=C1OCC(Cc2ccccc2)CC1c1ccccc1. The van der Waals surface area contributed by atoms with Crippen LogP contribution in [0.2, 0.25) is 0 Å². The van der Waals surface area contributed by atoms with E-state index in [0.29, 0.717) is 12.5 Å². The fraction of sp³-hybridized carbons (Fsp3) is 0.278. The predicted molar refractivity (Wildman–Crippen MR) is 78.4 cm³/mol. The van der Waals surface area contributed by atoms with Gasteiger partial charge in [-0.15, -0.1) is 0 Å². The predicted octanol–water partition coefficient (Wildman–Crippen LogP) is 3.58. The number of cyclic esters (lactones) is 1. The Morgan fingerprint density at radius 1 is 0.950 bits per heavy atom. The molecule has 1 aliphatic rings. The van der Waals surface area contributed by atoms with E-state index >= 15 is 0 Å². The van der Waals surface area contributed by atoms with Crippen molar-refractivity contribution < 1.29 is 9.53 Å². The molecule has 0 N–H and O–H groups in total. The molecule has 0 bridgehead atoms. The molecule has 1 fully saturated rings. The molecule has 1 heterocycles. The Morgan fingerprint density at radius 2 is 1.60 bits per heavy atom. The van der Waals surface area contributed by atoms with Gasteiger partial charge in [-0.05, 0) is 29.9 Å². The van der Waals surface area contributed by atoms with E-state index in [1.807, 2.05) is 36.4 Å². The number of ether oxygens (including phenoxy) is 1. The molecule has 2 nitrogen and oxygen atoms in total. The van der Waals surface area contributed by atoms with E-state index < -0.39 is 0 Å². The fourth-order valence-corrected chi connectivity index (χ4v) is 2.85. The maximum atomic E-state index is 12.0. The van der Waals surface area contributed by atoms with Crippen LogP contribution in [0.15, 0.2) is 60.7 Å². The second kappa shape index (κ2) is 5.91. The van der Waals surface area contributed by atoms with Gasteiger partial charge in [0.25, 0.3) is 0 Å². The highest BCUT2D eigenvalue weighted by atomic mass is 16.5. The van der Waals surface area contributed by atoms with E-state index in [0.717, 1.165) is 18.4 Å². The van der Waals surface area contributed by atoms with Gasteiger partial charge in [-0.3, -0.25) is 4.79 Å². The van der Waals surface area contributed by atoms with Crippen LogP contribution in [0.3, 0.4) is 0 Å². The molecule has 20 heavy (non-hydrogen) atoms. The van der Waals surface area contributed by atoms with Crippen LogP contribution in [0.4, 0.5) is 0 Å². The van der Waals surface area contributed by atoms with Crippen LogP contribution in [-0.4, -0.2) is 12.6 Å². The van der Waals surface area contributed by atoms with Crippen LogP contribution < -0.4 is 0 Å². The Balaban J connectivity index is 1.72. The molecule has 2 aromatic carbocycles. The molecule has 2 heteroatoms. The first-order valence-electron chi connectivity index (χ1n) is 7.08. The smallest absolute Gasteiger partial charge is 0.313 e. The minimum absolute atomic E-state index is 0.0829. The number of rotatable bonds is 3. The van der Waals surface area contributed by atoms with Gasteiger partial charge in [-0.2, -0.15) is 0 Å². The molecule has 2 unspecified atom stereocenters. The summed E-state index contributed by atoms with van der Waals surface area (Å²) < 4.78 is 5.39. The summed E-state index contributed by atoms with van der Waals surface area (Å²) in [5.74, 6) is 0.208. The average Bonchev–Trinajstić information content (AvgIpc) is 2.51. The van der Waals surface area contributed by atoms with Gasteiger partial charge in [-0.1, -0.05) is 60.7 Å². The van der Waals surface area contributed by atoms with Crippen LogP contribution in [0.1, 0.15) is 23.5 Å². The lowest BCUT2D eigenvalue weighted by atomic mass is 9.84. The van der Waals surface area contributed by atoms with Crippen LogP contribution in [0.25, 0.3) is 0 Å². The molecule has 0 aliphatic carbocycles. The van der Waals surface area contributed by atoms with Crippen molar-refractivity contribution in [2.24, 2.45) is 5.92 Å². The van der Waals surface area contributed by atoms with Gasteiger partial charge in [0, 0.05) is 0 Å². The van der Waals surface area contributed by atoms with Gasteiger partial charge in [0.05, 0.1) is 12.5 Å². The largest absolute Gasteiger partial charge is 0.465 e. The van der Waals surface area contributed by atoms with E-state index in [1.54, 1.807) is 0 Å². The molecule has 0 saturated carbocycles. The molecule has 0 spiro atoms. The van der Waals surface area contributed by atoms with Gasteiger partial charge in [0.2, 0.25) is 0 Å². The van der Waals surface area contributed by atoms with Crippen molar-refractivity contribution in [2.75, 3.05) is 6.61 Å². The first-order chi connectivity index (χ1) is 9.83. The summed E-state index contributed by atoms with van der Waals surface area (Å²) in [7, 11) is 0. The van der Waals surface area contributed by atoms with E-state index in [2.05, 4.69) is 24.3 Å². The summed E-state index contributed by atoms with van der Waals surface area (Å²) in [5.41, 5.74) is 2.37. The van der Waals surface area contributed by atoms with Crippen molar-refractivity contribution in [3.8, 4) is 0 Å². The Labute approximate surface area is 119 Å². The zero-order valence-corrected chi connectivity index (χ0v) is 11.4. The first kappa shape index (κ1) is 12.9. The number of hydrogen-bond acceptors (Lipinski definition) is 2. The first-order valence-corrected chi connectivity index (χ1v) is 7.08. The summed E-state index contributed by atoms with van der Waals surface area (Å²) in [4.78, 5) is 12.0. The molecule has 0 amide bonds. The second-order valence-electron chi connectivity index (χ2n) is 5.38. The molecule has 0 radical (unpaired) electrons. The average molecular weight is 266 g/mol. The van der Waals surface area contributed by atoms with Gasteiger partial charge in [-0.25, -0.2) is 0 Å². The van der Waals surface area contributed by atoms with Crippen LogP contribution in [0, 0.1) is 5.92 Å². The number of hydrogen-bond donors (Lipinski definition) is 0. The van der Waals surface area contributed by atoms with Crippen molar-refractivity contribution in [1.29, 1.82) is 0 Å². The molecule has 3 rings (SSSR count). The lowest BCUT2D eigenvalue weighted by molar-refractivity contribution is -0.152. The van der Waals surface area contributed by atoms with Crippen molar-refractivity contribution in [3.63, 3.8) is 0 Å². The van der Waals surface area contributed by atoms with Crippen LogP contribution in [-0.2, 0) is 16.0 Å². The van der Waals surface area contributed by atoms with Crippen molar-refractivity contribution >= 4 is 5.97 Å². The third-order valence-corrected chi connectivity index (χ3v) is 3.88. The number of carbonyl (C=O) groups excluding carboxylic acids is 1. The van der Waals surface area contributed by atoms with E-state index in [1.165, 1.54) is 5.56 Å². The van der Waals surface area contributed by atoms with E-state index in [9.17, 15) is 4.79 Å². The molecule has 2 atom stereocenters. The van der Waals surface area contributed by atoms with Crippen LogP contribution in [0.5, 0.6) is 0 Å². The molecule has 2 aromatic rings. The van der Waals surface area contributed by atoms with Gasteiger partial charge >= 0.3 is 5.97 Å². The quantitative estimate of drug-likeness (QED) is 0.794. The van der Waals surface area contributed by atoms with Crippen molar-refractivity contribution in [3.05, 3.63) is 71.8 Å². The topological polar surface area (TPSA) is 26.3 Å². The lowest BCUT2D eigenvalue weighted by Gasteiger charge is -2.28. The summed E-state index contributed by atoms with van der Waals surface area (Å²) in [5, 5.41) is 0. The van der Waals surface area contributed by atoms with Gasteiger partial charge < -0.3 is 4.74 Å². The molecule has 1 saturated heterocycles. The number of benzene rings is 2. The molecule has 102 valence electrons. The molecular weight excluding hydrogens is 248 g/mol. The summed E-state index contributed by atoms with van der Waals surface area (Å²) in [6.07, 6.45) is 1.84. The third kappa shape index (κ3) is 2.90. The van der Waals surface area contributed by atoms with Crippen molar-refractivity contribution in [1.82, 2.24) is 0 Å². The minimum atomic E-state index is -0.112. The molecular formula is C18H18O2. The Morgan fingerprint density at radius 3 is 2.30 bits per heavy atom. The zero-order valence-electron chi connectivity index (χ0n) is 11.4. The number of esters is 1. The maximum Gasteiger partial charge on any atom is 0.313 e.